The third-order valence-electron chi connectivity index (χ3n) is 4.88. The molecule has 186 valence electrons. The van der Waals surface area contributed by atoms with Gasteiger partial charge in [-0.3, -0.25) is 4.79 Å². The van der Waals surface area contributed by atoms with E-state index >= 15 is 0 Å². The largest absolute Gasteiger partial charge is 0.573 e. The molecule has 0 radical (unpaired) electrons. The molecule has 1 heterocycles. The van der Waals surface area contributed by atoms with E-state index in [-0.39, 0.29) is 36.2 Å². The number of carbonyl (C=O) groups excluding carboxylic acids is 1. The summed E-state index contributed by atoms with van der Waals surface area (Å²) in [7, 11) is 0. The predicted molar refractivity (Wildman–Crippen MR) is 128 cm³/mol. The van der Waals surface area contributed by atoms with Crippen LogP contribution in [-0.2, 0) is 4.79 Å². The Morgan fingerprint density at radius 1 is 1.06 bits per heavy atom. The van der Waals surface area contributed by atoms with E-state index in [0.717, 1.165) is 0 Å². The number of aliphatic hydroxyl groups excluding tert-OH is 1. The lowest BCUT2D eigenvalue weighted by Crippen LogP contribution is -2.30. The molecule has 3 aromatic rings. The maximum Gasteiger partial charge on any atom is 0.573 e. The van der Waals surface area contributed by atoms with Crippen LogP contribution in [0, 0.1) is 5.92 Å². The van der Waals surface area contributed by atoms with Crippen LogP contribution in [0.15, 0.2) is 54.6 Å². The standard InChI is InChI=1S/C24H26F3N5O3/c1-14(2)21(13-33)31-23-30-20(16-5-4-6-19(11-16)35-24(25,26)27)12-22(32-23)29-18-9-7-17(8-10-18)28-15(3)34/h4-12,14,21,33H,13H2,1-3H3,(H,28,34)(H2,29,30,31,32)/t21-/m0/s1. The van der Waals surface area contributed by atoms with Crippen molar-refractivity contribution >= 4 is 29.0 Å². The van der Waals surface area contributed by atoms with Crippen molar-refractivity contribution in [3.63, 3.8) is 0 Å². The van der Waals surface area contributed by atoms with Gasteiger partial charge < -0.3 is 25.8 Å². The minimum absolute atomic E-state index is 0.0634. The first-order valence-corrected chi connectivity index (χ1v) is 10.8. The minimum atomic E-state index is -4.82. The van der Waals surface area contributed by atoms with Crippen molar-refractivity contribution in [1.82, 2.24) is 9.97 Å². The summed E-state index contributed by atoms with van der Waals surface area (Å²) < 4.78 is 42.1. The third kappa shape index (κ3) is 7.85. The highest BCUT2D eigenvalue weighted by molar-refractivity contribution is 5.88. The first-order chi connectivity index (χ1) is 16.5. The van der Waals surface area contributed by atoms with Gasteiger partial charge in [-0.1, -0.05) is 26.0 Å². The van der Waals surface area contributed by atoms with Crippen molar-refractivity contribution in [2.45, 2.75) is 33.2 Å². The quantitative estimate of drug-likeness (QED) is 0.328. The number of carbonyl (C=O) groups is 1. The van der Waals surface area contributed by atoms with Gasteiger partial charge in [-0.05, 0) is 42.3 Å². The molecular weight excluding hydrogens is 463 g/mol. The Kier molecular flexibility index (Phi) is 8.13. The number of aliphatic hydroxyl groups is 1. The predicted octanol–water partition coefficient (Wildman–Crippen LogP) is 5.17. The lowest BCUT2D eigenvalue weighted by Gasteiger charge is -2.21. The number of anilines is 4. The average molecular weight is 489 g/mol. The van der Waals surface area contributed by atoms with Crippen molar-refractivity contribution in [3.05, 3.63) is 54.6 Å². The fraction of sp³-hybridized carbons (Fsp3) is 0.292. The number of halogens is 3. The molecule has 1 aromatic heterocycles. The summed E-state index contributed by atoms with van der Waals surface area (Å²) in [6, 6.07) is 13.6. The first kappa shape index (κ1) is 25.8. The zero-order chi connectivity index (χ0) is 25.6. The summed E-state index contributed by atoms with van der Waals surface area (Å²) in [5.41, 5.74) is 2.00. The Morgan fingerprint density at radius 3 is 2.34 bits per heavy atom. The molecule has 0 saturated carbocycles. The van der Waals surface area contributed by atoms with Gasteiger partial charge in [-0.2, -0.15) is 4.98 Å². The molecule has 0 fully saturated rings. The summed E-state index contributed by atoms with van der Waals surface area (Å²) in [6.07, 6.45) is -4.82. The average Bonchev–Trinajstić information content (AvgIpc) is 2.77. The highest BCUT2D eigenvalue weighted by Gasteiger charge is 2.31. The number of aromatic nitrogens is 2. The van der Waals surface area contributed by atoms with Crippen LogP contribution in [-0.4, -0.2) is 40.0 Å². The molecule has 2 aromatic carbocycles. The fourth-order valence-electron chi connectivity index (χ4n) is 3.15. The van der Waals surface area contributed by atoms with Crippen LogP contribution in [0.4, 0.5) is 36.3 Å². The molecule has 1 atom stereocenters. The van der Waals surface area contributed by atoms with Crippen molar-refractivity contribution < 1.29 is 27.8 Å². The number of benzene rings is 2. The highest BCUT2D eigenvalue weighted by atomic mass is 19.4. The molecule has 0 aliphatic carbocycles. The minimum Gasteiger partial charge on any atom is -0.406 e. The zero-order valence-corrected chi connectivity index (χ0v) is 19.3. The number of rotatable bonds is 9. The van der Waals surface area contributed by atoms with Crippen LogP contribution in [0.5, 0.6) is 5.75 Å². The topological polar surface area (TPSA) is 108 Å². The summed E-state index contributed by atoms with van der Waals surface area (Å²) in [6.45, 7) is 5.10. The second-order valence-corrected chi connectivity index (χ2v) is 8.10. The van der Waals surface area contributed by atoms with E-state index in [2.05, 4.69) is 30.7 Å². The van der Waals surface area contributed by atoms with E-state index in [1.54, 1.807) is 36.4 Å². The Bertz CT molecular complexity index is 1150. The second-order valence-electron chi connectivity index (χ2n) is 8.10. The number of ether oxygens (including phenoxy) is 1. The van der Waals surface area contributed by atoms with Gasteiger partial charge in [0, 0.05) is 29.9 Å². The molecule has 0 unspecified atom stereocenters. The molecule has 11 heteroatoms. The van der Waals surface area contributed by atoms with Gasteiger partial charge in [0.2, 0.25) is 11.9 Å². The Balaban J connectivity index is 1.96. The second kappa shape index (κ2) is 11.0. The summed E-state index contributed by atoms with van der Waals surface area (Å²) in [5, 5.41) is 18.6. The number of amides is 1. The van der Waals surface area contributed by atoms with Crippen LogP contribution in [0.2, 0.25) is 0 Å². The summed E-state index contributed by atoms with van der Waals surface area (Å²) >= 11 is 0. The van der Waals surface area contributed by atoms with Crippen LogP contribution in [0.25, 0.3) is 11.3 Å². The Hall–Kier alpha value is -3.86. The van der Waals surface area contributed by atoms with E-state index < -0.39 is 6.36 Å². The van der Waals surface area contributed by atoms with Gasteiger partial charge in [-0.25, -0.2) is 4.98 Å². The molecular formula is C24H26F3N5O3. The third-order valence-corrected chi connectivity index (χ3v) is 4.88. The van der Waals surface area contributed by atoms with Crippen molar-refractivity contribution in [2.24, 2.45) is 5.92 Å². The first-order valence-electron chi connectivity index (χ1n) is 10.8. The van der Waals surface area contributed by atoms with E-state index in [0.29, 0.717) is 28.5 Å². The van der Waals surface area contributed by atoms with Gasteiger partial charge in [0.05, 0.1) is 18.3 Å². The van der Waals surface area contributed by atoms with Gasteiger partial charge in [-0.15, -0.1) is 13.2 Å². The smallest absolute Gasteiger partial charge is 0.406 e. The summed E-state index contributed by atoms with van der Waals surface area (Å²) in [5.74, 6) is 0.0550. The van der Waals surface area contributed by atoms with Crippen LogP contribution in [0.1, 0.15) is 20.8 Å². The Morgan fingerprint density at radius 2 is 1.74 bits per heavy atom. The molecule has 1 amide bonds. The number of hydrogen-bond donors (Lipinski definition) is 4. The highest BCUT2D eigenvalue weighted by Crippen LogP contribution is 2.29. The molecule has 0 bridgehead atoms. The molecule has 8 nitrogen and oxygen atoms in total. The molecule has 0 spiro atoms. The number of hydrogen-bond acceptors (Lipinski definition) is 7. The van der Waals surface area contributed by atoms with Crippen molar-refractivity contribution in [1.29, 1.82) is 0 Å². The molecule has 0 saturated heterocycles. The molecule has 35 heavy (non-hydrogen) atoms. The number of alkyl halides is 3. The van der Waals surface area contributed by atoms with E-state index in [4.69, 9.17) is 0 Å². The van der Waals surface area contributed by atoms with Crippen molar-refractivity contribution in [2.75, 3.05) is 22.6 Å². The van der Waals surface area contributed by atoms with Gasteiger partial charge in [0.15, 0.2) is 0 Å². The molecule has 4 N–H and O–H groups in total. The lowest BCUT2D eigenvalue weighted by atomic mass is 10.1. The van der Waals surface area contributed by atoms with E-state index in [1.807, 2.05) is 13.8 Å². The van der Waals surface area contributed by atoms with Crippen LogP contribution in [0.3, 0.4) is 0 Å². The normalized spacial score (nSPS) is 12.2. The molecule has 0 aliphatic heterocycles. The Labute approximate surface area is 200 Å². The van der Waals surface area contributed by atoms with Gasteiger partial charge >= 0.3 is 6.36 Å². The van der Waals surface area contributed by atoms with E-state index in [1.165, 1.54) is 25.1 Å². The maximum absolute atomic E-state index is 12.7. The summed E-state index contributed by atoms with van der Waals surface area (Å²) in [4.78, 5) is 20.1. The fourth-order valence-corrected chi connectivity index (χ4v) is 3.15. The molecule has 0 aliphatic rings. The van der Waals surface area contributed by atoms with E-state index in [9.17, 15) is 23.1 Å². The van der Waals surface area contributed by atoms with Crippen LogP contribution < -0.4 is 20.7 Å². The molecule has 3 rings (SSSR count). The number of nitrogens with zero attached hydrogens (tertiary/aromatic N) is 2. The van der Waals surface area contributed by atoms with Gasteiger partial charge in [0.1, 0.15) is 11.6 Å². The van der Waals surface area contributed by atoms with Crippen LogP contribution >= 0.6 is 0 Å². The lowest BCUT2D eigenvalue weighted by molar-refractivity contribution is -0.274. The maximum atomic E-state index is 12.7. The monoisotopic (exact) mass is 489 g/mol. The van der Waals surface area contributed by atoms with Gasteiger partial charge in [0.25, 0.3) is 0 Å². The number of nitrogens with one attached hydrogen (secondary N) is 3. The SMILES string of the molecule is CC(=O)Nc1ccc(Nc2cc(-c3cccc(OC(F)(F)F)c3)nc(N[C@@H](CO)C(C)C)n2)cc1. The zero-order valence-electron chi connectivity index (χ0n) is 19.3. The van der Waals surface area contributed by atoms with Crippen molar-refractivity contribution in [3.8, 4) is 17.0 Å².